The number of aromatic amines is 1. The number of nitrogens with zero attached hydrogens (tertiary/aromatic N) is 4. The molecule has 0 bridgehead atoms. The van der Waals surface area contributed by atoms with E-state index in [1.54, 1.807) is 0 Å². The Hall–Kier alpha value is -2.89. The standard InChI is InChI=1S/C19H19N5O/c1-10-8-20-9-24(10)16-7-14(17-11(2)23-25-12(17)3)6-15-18(16)22-19(21-15)13-4-5-13/h6-9,13H,4-5H2,1-3H3,(H,21,22). The first kappa shape index (κ1) is 14.5. The van der Waals surface area contributed by atoms with Crippen LogP contribution in [0.3, 0.4) is 0 Å². The zero-order valence-corrected chi connectivity index (χ0v) is 14.5. The fourth-order valence-corrected chi connectivity index (χ4v) is 3.50. The zero-order chi connectivity index (χ0) is 17.1. The van der Waals surface area contributed by atoms with Crippen molar-refractivity contribution in [3.8, 4) is 16.8 Å². The van der Waals surface area contributed by atoms with E-state index in [1.165, 1.54) is 12.8 Å². The van der Waals surface area contributed by atoms with E-state index in [9.17, 15) is 0 Å². The van der Waals surface area contributed by atoms with Gasteiger partial charge in [0, 0.05) is 23.4 Å². The average molecular weight is 333 g/mol. The highest BCUT2D eigenvalue weighted by atomic mass is 16.5. The SMILES string of the molecule is Cc1noc(C)c1-c1cc(-n2cncc2C)c2nc(C3CC3)[nH]c2c1. The molecule has 0 atom stereocenters. The molecule has 0 radical (unpaired) electrons. The Morgan fingerprint density at radius 1 is 1.20 bits per heavy atom. The molecule has 1 saturated carbocycles. The van der Waals surface area contributed by atoms with Gasteiger partial charge < -0.3 is 14.1 Å². The van der Waals surface area contributed by atoms with Gasteiger partial charge >= 0.3 is 0 Å². The van der Waals surface area contributed by atoms with Crippen molar-refractivity contribution >= 4 is 11.0 Å². The molecule has 0 spiro atoms. The second-order valence-electron chi connectivity index (χ2n) is 6.89. The number of imidazole rings is 2. The maximum absolute atomic E-state index is 5.37. The summed E-state index contributed by atoms with van der Waals surface area (Å²) < 4.78 is 7.46. The topological polar surface area (TPSA) is 72.5 Å². The number of aromatic nitrogens is 5. The van der Waals surface area contributed by atoms with Crippen LogP contribution in [0.25, 0.3) is 27.8 Å². The van der Waals surface area contributed by atoms with Gasteiger partial charge in [0.25, 0.3) is 0 Å². The number of rotatable bonds is 3. The van der Waals surface area contributed by atoms with Crippen molar-refractivity contribution in [2.45, 2.75) is 39.5 Å². The first-order chi connectivity index (χ1) is 12.1. The van der Waals surface area contributed by atoms with E-state index < -0.39 is 0 Å². The summed E-state index contributed by atoms with van der Waals surface area (Å²) in [6, 6.07) is 4.30. The van der Waals surface area contributed by atoms with Crippen molar-refractivity contribution in [1.82, 2.24) is 24.7 Å². The fourth-order valence-electron chi connectivity index (χ4n) is 3.50. The quantitative estimate of drug-likeness (QED) is 0.609. The number of nitrogens with one attached hydrogen (secondary N) is 1. The van der Waals surface area contributed by atoms with E-state index in [-0.39, 0.29) is 0 Å². The minimum atomic E-state index is 0.576. The summed E-state index contributed by atoms with van der Waals surface area (Å²) in [5.41, 5.74) is 7.16. The molecule has 4 aromatic rings. The number of benzene rings is 1. The maximum atomic E-state index is 5.37. The molecule has 1 aliphatic rings. The third-order valence-electron chi connectivity index (χ3n) is 4.95. The van der Waals surface area contributed by atoms with Gasteiger partial charge in [0.2, 0.25) is 0 Å². The van der Waals surface area contributed by atoms with E-state index in [2.05, 4.69) is 38.7 Å². The molecule has 25 heavy (non-hydrogen) atoms. The predicted molar refractivity (Wildman–Crippen MR) is 94.9 cm³/mol. The largest absolute Gasteiger partial charge is 0.361 e. The normalized spacial score (nSPS) is 14.5. The lowest BCUT2D eigenvalue weighted by Crippen LogP contribution is -1.97. The van der Waals surface area contributed by atoms with Gasteiger partial charge in [0.05, 0.1) is 23.2 Å². The molecule has 0 unspecified atom stereocenters. The first-order valence-electron chi connectivity index (χ1n) is 8.58. The number of hydrogen-bond donors (Lipinski definition) is 1. The van der Waals surface area contributed by atoms with Gasteiger partial charge in [-0.1, -0.05) is 5.16 Å². The van der Waals surface area contributed by atoms with Gasteiger partial charge in [-0.3, -0.25) is 0 Å². The first-order valence-corrected chi connectivity index (χ1v) is 8.58. The minimum absolute atomic E-state index is 0.576. The molecule has 1 fully saturated rings. The van der Waals surface area contributed by atoms with Crippen molar-refractivity contribution in [3.05, 3.63) is 47.6 Å². The van der Waals surface area contributed by atoms with E-state index in [0.29, 0.717) is 5.92 Å². The summed E-state index contributed by atoms with van der Waals surface area (Å²) in [6.07, 6.45) is 6.14. The van der Waals surface area contributed by atoms with Crippen molar-refractivity contribution in [2.75, 3.05) is 0 Å². The lowest BCUT2D eigenvalue weighted by molar-refractivity contribution is 0.393. The molecule has 3 heterocycles. The van der Waals surface area contributed by atoms with Crippen LogP contribution >= 0.6 is 0 Å². The molecule has 1 aliphatic carbocycles. The highest BCUT2D eigenvalue weighted by molar-refractivity contribution is 5.90. The molecule has 6 heteroatoms. The molecule has 1 N–H and O–H groups in total. The summed E-state index contributed by atoms with van der Waals surface area (Å²) >= 11 is 0. The van der Waals surface area contributed by atoms with Crippen LogP contribution in [0.15, 0.2) is 29.2 Å². The van der Waals surface area contributed by atoms with E-state index in [1.807, 2.05) is 26.4 Å². The van der Waals surface area contributed by atoms with Gasteiger partial charge in [-0.05, 0) is 51.3 Å². The van der Waals surface area contributed by atoms with Crippen LogP contribution in [-0.2, 0) is 0 Å². The Labute approximate surface area is 144 Å². The Morgan fingerprint density at radius 2 is 2.04 bits per heavy atom. The highest BCUT2D eigenvalue weighted by Gasteiger charge is 2.28. The second kappa shape index (κ2) is 5.05. The van der Waals surface area contributed by atoms with Crippen LogP contribution in [-0.4, -0.2) is 24.7 Å². The Kier molecular flexibility index (Phi) is 2.92. The van der Waals surface area contributed by atoms with Crippen LogP contribution in [0.4, 0.5) is 0 Å². The molecule has 1 aromatic carbocycles. The van der Waals surface area contributed by atoms with Gasteiger partial charge in [0.1, 0.15) is 17.1 Å². The van der Waals surface area contributed by atoms with Gasteiger partial charge in [0.15, 0.2) is 0 Å². The summed E-state index contributed by atoms with van der Waals surface area (Å²) in [4.78, 5) is 12.7. The summed E-state index contributed by atoms with van der Waals surface area (Å²) in [5, 5.41) is 4.11. The highest BCUT2D eigenvalue weighted by Crippen LogP contribution is 2.40. The Morgan fingerprint density at radius 3 is 2.68 bits per heavy atom. The van der Waals surface area contributed by atoms with Crippen LogP contribution in [0.1, 0.15) is 41.7 Å². The number of hydrogen-bond acceptors (Lipinski definition) is 4. The lowest BCUT2D eigenvalue weighted by Gasteiger charge is -2.09. The second-order valence-corrected chi connectivity index (χ2v) is 6.89. The van der Waals surface area contributed by atoms with Gasteiger partial charge in [-0.25, -0.2) is 9.97 Å². The van der Waals surface area contributed by atoms with Crippen LogP contribution < -0.4 is 0 Å². The number of aryl methyl sites for hydroxylation is 3. The molecular weight excluding hydrogens is 314 g/mol. The molecule has 6 nitrogen and oxygen atoms in total. The molecule has 0 saturated heterocycles. The fraction of sp³-hybridized carbons (Fsp3) is 0.316. The molecule has 3 aromatic heterocycles. The van der Waals surface area contributed by atoms with Crippen LogP contribution in [0.5, 0.6) is 0 Å². The molecule has 0 amide bonds. The summed E-state index contributed by atoms with van der Waals surface area (Å²) in [5.74, 6) is 2.49. The Bertz CT molecular complexity index is 1080. The maximum Gasteiger partial charge on any atom is 0.141 e. The third kappa shape index (κ3) is 2.21. The van der Waals surface area contributed by atoms with Gasteiger partial charge in [-0.2, -0.15) is 0 Å². The molecular formula is C19H19N5O. The molecule has 126 valence electrons. The van der Waals surface area contributed by atoms with E-state index >= 15 is 0 Å². The minimum Gasteiger partial charge on any atom is -0.361 e. The van der Waals surface area contributed by atoms with Crippen molar-refractivity contribution in [1.29, 1.82) is 0 Å². The Balaban J connectivity index is 1.81. The van der Waals surface area contributed by atoms with Crippen LogP contribution in [0.2, 0.25) is 0 Å². The zero-order valence-electron chi connectivity index (χ0n) is 14.5. The van der Waals surface area contributed by atoms with Crippen molar-refractivity contribution in [3.63, 3.8) is 0 Å². The van der Waals surface area contributed by atoms with Crippen molar-refractivity contribution < 1.29 is 4.52 Å². The van der Waals surface area contributed by atoms with Gasteiger partial charge in [-0.15, -0.1) is 0 Å². The number of H-pyrrole nitrogens is 1. The number of fused-ring (bicyclic) bond motifs is 1. The van der Waals surface area contributed by atoms with E-state index in [0.717, 1.165) is 50.8 Å². The predicted octanol–water partition coefficient (Wildman–Crippen LogP) is 4.21. The third-order valence-corrected chi connectivity index (χ3v) is 4.95. The van der Waals surface area contributed by atoms with Crippen LogP contribution in [0, 0.1) is 20.8 Å². The monoisotopic (exact) mass is 333 g/mol. The lowest BCUT2D eigenvalue weighted by atomic mass is 10.0. The van der Waals surface area contributed by atoms with Crippen molar-refractivity contribution in [2.24, 2.45) is 0 Å². The molecule has 5 rings (SSSR count). The summed E-state index contributed by atoms with van der Waals surface area (Å²) in [7, 11) is 0. The average Bonchev–Trinajstić information content (AvgIpc) is 3.07. The van der Waals surface area contributed by atoms with E-state index in [4.69, 9.17) is 9.51 Å². The summed E-state index contributed by atoms with van der Waals surface area (Å²) in [6.45, 7) is 5.97. The molecule has 0 aliphatic heterocycles. The smallest absolute Gasteiger partial charge is 0.141 e.